The number of carbonyl (C=O) groups excluding carboxylic acids is 2. The van der Waals surface area contributed by atoms with Gasteiger partial charge in [-0.2, -0.15) is 0 Å². The van der Waals surface area contributed by atoms with Gasteiger partial charge in [0, 0.05) is 28.6 Å². The van der Waals surface area contributed by atoms with Gasteiger partial charge in [0.15, 0.2) is 5.78 Å². The van der Waals surface area contributed by atoms with Gasteiger partial charge in [-0.1, -0.05) is 37.3 Å². The molecule has 1 amide bonds. The predicted octanol–water partition coefficient (Wildman–Crippen LogP) is 4.36. The third kappa shape index (κ3) is 3.92. The molecule has 0 radical (unpaired) electrons. The number of aromatic nitrogens is 2. The molecule has 30 heavy (non-hydrogen) atoms. The van der Waals surface area contributed by atoms with Crippen molar-refractivity contribution in [2.75, 3.05) is 5.32 Å². The highest BCUT2D eigenvalue weighted by atomic mass is 32.1. The predicted molar refractivity (Wildman–Crippen MR) is 119 cm³/mol. The molecule has 1 N–H and O–H groups in total. The average Bonchev–Trinajstić information content (AvgIpc) is 3.21. The Bertz CT molecular complexity index is 1270. The summed E-state index contributed by atoms with van der Waals surface area (Å²) >= 11 is 1.41. The molecule has 2 heterocycles. The SMILES string of the molecule is CCC(=O)Nc1ccc(C(=O)Cn2cnc3scc(-c4ccccc4)c3c2=O)cc1. The van der Waals surface area contributed by atoms with Gasteiger partial charge in [0.1, 0.15) is 4.83 Å². The summed E-state index contributed by atoms with van der Waals surface area (Å²) in [5.41, 5.74) is 2.62. The van der Waals surface area contributed by atoms with Crippen LogP contribution < -0.4 is 10.9 Å². The van der Waals surface area contributed by atoms with Gasteiger partial charge in [-0.15, -0.1) is 11.3 Å². The third-order valence-corrected chi connectivity index (χ3v) is 5.66. The number of Topliss-reactive ketones (excluding diaryl/α,β-unsaturated/α-hetero) is 1. The first-order valence-electron chi connectivity index (χ1n) is 9.52. The van der Waals surface area contributed by atoms with Crippen LogP contribution in [0.15, 0.2) is 71.1 Å². The van der Waals surface area contributed by atoms with Crippen molar-refractivity contribution in [3.05, 3.63) is 82.2 Å². The number of rotatable bonds is 6. The molecular weight excluding hydrogens is 398 g/mol. The zero-order valence-electron chi connectivity index (χ0n) is 16.3. The number of benzene rings is 2. The van der Waals surface area contributed by atoms with Gasteiger partial charge in [0.05, 0.1) is 18.3 Å². The number of thiophene rings is 1. The number of carbonyl (C=O) groups is 2. The highest BCUT2D eigenvalue weighted by Gasteiger charge is 2.15. The Kier molecular flexibility index (Phi) is 5.54. The zero-order valence-corrected chi connectivity index (χ0v) is 17.1. The normalized spacial score (nSPS) is 10.8. The van der Waals surface area contributed by atoms with Gasteiger partial charge in [-0.3, -0.25) is 19.0 Å². The molecule has 4 rings (SSSR count). The smallest absolute Gasteiger partial charge is 0.263 e. The topological polar surface area (TPSA) is 81.1 Å². The molecule has 0 aliphatic carbocycles. The number of fused-ring (bicyclic) bond motifs is 1. The first kappa shape index (κ1) is 19.7. The molecule has 0 aliphatic heterocycles. The second kappa shape index (κ2) is 8.42. The molecule has 7 heteroatoms. The van der Waals surface area contributed by atoms with E-state index in [-0.39, 0.29) is 23.8 Å². The molecule has 0 spiro atoms. The Morgan fingerprint density at radius 3 is 2.50 bits per heavy atom. The molecule has 2 aromatic carbocycles. The van der Waals surface area contributed by atoms with E-state index >= 15 is 0 Å². The Balaban J connectivity index is 1.61. The lowest BCUT2D eigenvalue weighted by Gasteiger charge is -2.07. The van der Waals surface area contributed by atoms with Crippen LogP contribution >= 0.6 is 11.3 Å². The van der Waals surface area contributed by atoms with Crippen LogP contribution in [0.1, 0.15) is 23.7 Å². The molecule has 0 fully saturated rings. The van der Waals surface area contributed by atoms with Gasteiger partial charge in [0.25, 0.3) is 5.56 Å². The van der Waals surface area contributed by atoms with E-state index in [0.717, 1.165) is 11.1 Å². The summed E-state index contributed by atoms with van der Waals surface area (Å²) in [6.07, 6.45) is 1.80. The van der Waals surface area contributed by atoms with E-state index in [1.54, 1.807) is 31.2 Å². The minimum Gasteiger partial charge on any atom is -0.326 e. The molecule has 0 atom stereocenters. The van der Waals surface area contributed by atoms with Crippen molar-refractivity contribution in [3.63, 3.8) is 0 Å². The maximum absolute atomic E-state index is 13.1. The van der Waals surface area contributed by atoms with Crippen molar-refractivity contribution in [1.29, 1.82) is 0 Å². The van der Waals surface area contributed by atoms with E-state index in [1.165, 1.54) is 22.2 Å². The molecule has 0 aliphatic rings. The van der Waals surface area contributed by atoms with Crippen LogP contribution in [0.25, 0.3) is 21.3 Å². The van der Waals surface area contributed by atoms with E-state index in [1.807, 2.05) is 35.7 Å². The number of anilines is 1. The molecule has 6 nitrogen and oxygen atoms in total. The fourth-order valence-corrected chi connectivity index (χ4v) is 4.05. The largest absolute Gasteiger partial charge is 0.326 e. The number of hydrogen-bond acceptors (Lipinski definition) is 5. The average molecular weight is 417 g/mol. The Hall–Kier alpha value is -3.58. The summed E-state index contributed by atoms with van der Waals surface area (Å²) in [7, 11) is 0. The maximum Gasteiger partial charge on any atom is 0.263 e. The number of amides is 1. The number of nitrogens with one attached hydrogen (secondary N) is 1. The van der Waals surface area contributed by atoms with Crippen LogP contribution in [0, 0.1) is 0 Å². The quantitative estimate of drug-likeness (QED) is 0.473. The van der Waals surface area contributed by atoms with Crippen LogP contribution in [-0.2, 0) is 11.3 Å². The summed E-state index contributed by atoms with van der Waals surface area (Å²) in [6.45, 7) is 1.67. The monoisotopic (exact) mass is 417 g/mol. The summed E-state index contributed by atoms with van der Waals surface area (Å²) in [4.78, 5) is 42.3. The molecular formula is C23H19N3O3S. The van der Waals surface area contributed by atoms with E-state index in [2.05, 4.69) is 10.3 Å². The van der Waals surface area contributed by atoms with Gasteiger partial charge < -0.3 is 5.32 Å². The molecule has 2 aromatic heterocycles. The fourth-order valence-electron chi connectivity index (χ4n) is 3.15. The van der Waals surface area contributed by atoms with Crippen molar-refractivity contribution in [1.82, 2.24) is 9.55 Å². The van der Waals surface area contributed by atoms with Crippen LogP contribution in [-0.4, -0.2) is 21.2 Å². The third-order valence-electron chi connectivity index (χ3n) is 4.77. The highest BCUT2D eigenvalue weighted by molar-refractivity contribution is 7.17. The van der Waals surface area contributed by atoms with Crippen LogP contribution in [0.2, 0.25) is 0 Å². The van der Waals surface area contributed by atoms with Gasteiger partial charge in [-0.25, -0.2) is 4.98 Å². The summed E-state index contributed by atoms with van der Waals surface area (Å²) in [6, 6.07) is 16.3. The minimum absolute atomic E-state index is 0.0926. The van der Waals surface area contributed by atoms with Crippen molar-refractivity contribution < 1.29 is 9.59 Å². The summed E-state index contributed by atoms with van der Waals surface area (Å²) in [5.74, 6) is -0.298. The van der Waals surface area contributed by atoms with E-state index in [9.17, 15) is 14.4 Å². The van der Waals surface area contributed by atoms with Crippen molar-refractivity contribution in [2.24, 2.45) is 0 Å². The number of ketones is 1. The van der Waals surface area contributed by atoms with Crippen LogP contribution in [0.5, 0.6) is 0 Å². The highest BCUT2D eigenvalue weighted by Crippen LogP contribution is 2.30. The van der Waals surface area contributed by atoms with Crippen LogP contribution in [0.3, 0.4) is 0 Å². The Morgan fingerprint density at radius 1 is 1.07 bits per heavy atom. The second-order valence-corrected chi connectivity index (χ2v) is 7.63. The van der Waals surface area contributed by atoms with E-state index in [4.69, 9.17) is 0 Å². The molecule has 150 valence electrons. The number of hydrogen-bond donors (Lipinski definition) is 1. The maximum atomic E-state index is 13.1. The van der Waals surface area contributed by atoms with Crippen molar-refractivity contribution in [3.8, 4) is 11.1 Å². The molecule has 0 unspecified atom stereocenters. The van der Waals surface area contributed by atoms with Crippen LogP contribution in [0.4, 0.5) is 5.69 Å². The van der Waals surface area contributed by atoms with Gasteiger partial charge in [0.2, 0.25) is 5.91 Å². The molecule has 4 aromatic rings. The van der Waals surface area contributed by atoms with Crippen molar-refractivity contribution in [2.45, 2.75) is 19.9 Å². The molecule has 0 saturated heterocycles. The summed E-state index contributed by atoms with van der Waals surface area (Å²) in [5, 5.41) is 5.19. The fraction of sp³-hybridized carbons (Fsp3) is 0.130. The Morgan fingerprint density at radius 2 is 1.80 bits per heavy atom. The number of nitrogens with zero attached hydrogens (tertiary/aromatic N) is 2. The second-order valence-electron chi connectivity index (χ2n) is 6.78. The zero-order chi connectivity index (χ0) is 21.1. The van der Waals surface area contributed by atoms with Gasteiger partial charge in [-0.05, 0) is 29.8 Å². The lowest BCUT2D eigenvalue weighted by atomic mass is 10.1. The van der Waals surface area contributed by atoms with Gasteiger partial charge >= 0.3 is 0 Å². The Labute approximate surface area is 176 Å². The van der Waals surface area contributed by atoms with E-state index in [0.29, 0.717) is 27.9 Å². The molecule has 0 saturated carbocycles. The first-order chi connectivity index (χ1) is 14.6. The van der Waals surface area contributed by atoms with E-state index < -0.39 is 0 Å². The minimum atomic E-state index is -0.236. The molecule has 0 bridgehead atoms. The standard InChI is InChI=1S/C23H19N3O3S/c1-2-20(28)25-17-10-8-16(9-11-17)19(27)12-26-14-24-22-21(23(26)29)18(13-30-22)15-6-4-3-5-7-15/h3-11,13-14H,2,12H2,1H3,(H,25,28). The lowest BCUT2D eigenvalue weighted by Crippen LogP contribution is -2.24. The van der Waals surface area contributed by atoms with Crippen molar-refractivity contribution >= 4 is 38.9 Å². The summed E-state index contributed by atoms with van der Waals surface area (Å²) < 4.78 is 1.34. The first-order valence-corrected chi connectivity index (χ1v) is 10.4. The lowest BCUT2D eigenvalue weighted by molar-refractivity contribution is -0.115.